The second-order valence-electron chi connectivity index (χ2n) is 21.2. The Hall–Kier alpha value is -10.4. The SMILES string of the molecule is NS(=O)(=O)c1ccc(CCNC(=O)CCN(Cc2ccccn2)Cc2ccccn2)cc1.NS(=O)(=O)c1ccc(CNC(=O)CCN(Cc2ccccn2)Cc2ccccn2)cc1.NS(=O)(=O)c1ccc(NC(=O)CCN(Cc2ccccn2)Cc2ccccn2)cc1.[CH-]=O.[CH-]=O.[CH-]=O.[CH-]=O.[CH-]=O.[CH-]=O.[CH-]=O.[CH-]=O.[CH-]=O.[Re].[Re].[Re]. The van der Waals surface area contributed by atoms with Crippen molar-refractivity contribution in [1.82, 2.24) is 55.2 Å². The van der Waals surface area contributed by atoms with Gasteiger partial charge in [-0.25, -0.2) is 40.7 Å². The van der Waals surface area contributed by atoms with Crippen molar-refractivity contribution in [2.45, 2.75) is 86.2 Å². The monoisotopic (exact) mass is 2140 g/mol. The molecule has 39 heteroatoms. The number of nitrogens with two attached hydrogens (primary N) is 3. The zero-order valence-electron chi connectivity index (χ0n) is 61.1. The first-order valence-corrected chi connectivity index (χ1v) is 36.2. The van der Waals surface area contributed by atoms with Gasteiger partial charge in [0.2, 0.25) is 47.8 Å². The van der Waals surface area contributed by atoms with Crippen LogP contribution in [0.1, 0.15) is 64.6 Å². The number of anilines is 1. The summed E-state index contributed by atoms with van der Waals surface area (Å²) in [7, 11) is -11.2. The van der Waals surface area contributed by atoms with Crippen molar-refractivity contribution >= 4 is 115 Å². The van der Waals surface area contributed by atoms with E-state index in [1.54, 1.807) is 61.4 Å². The fourth-order valence-electron chi connectivity index (χ4n) is 9.06. The molecular weight excluding hydrogens is 2050 g/mol. The quantitative estimate of drug-likeness (QED) is 0.0277. The summed E-state index contributed by atoms with van der Waals surface area (Å²) >= 11 is 0. The van der Waals surface area contributed by atoms with E-state index in [1.165, 1.54) is 48.5 Å². The van der Waals surface area contributed by atoms with Gasteiger partial charge in [0.05, 0.1) is 48.9 Å². The van der Waals surface area contributed by atoms with Crippen molar-refractivity contribution in [1.29, 1.82) is 0 Å². The number of amides is 3. The minimum absolute atomic E-state index is 0. The van der Waals surface area contributed by atoms with E-state index in [2.05, 4.69) is 122 Å². The Kier molecular flexibility index (Phi) is 71.9. The van der Waals surface area contributed by atoms with Crippen molar-refractivity contribution in [2.75, 3.05) is 31.5 Å². The third kappa shape index (κ3) is 52.8. The zero-order valence-corrected chi connectivity index (χ0v) is 71.6. The zero-order chi connectivity index (χ0) is 84.3. The van der Waals surface area contributed by atoms with Gasteiger partial charge >= 0.3 is 0 Å². The number of carbonyl (C=O) groups excluding carboxylic acids is 12. The molecule has 33 nitrogen and oxygen atoms in total. The molecule has 3 radical (unpaired) electrons. The molecule has 0 aliphatic rings. The Bertz CT molecular complexity index is 4140. The summed E-state index contributed by atoms with van der Waals surface area (Å²) in [6.07, 6.45) is 12.0. The molecule has 3 aromatic carbocycles. The van der Waals surface area contributed by atoms with E-state index in [4.69, 9.17) is 58.6 Å². The van der Waals surface area contributed by atoms with Crippen LogP contribution in [-0.2, 0) is 201 Å². The standard InChI is InChI=1S/C23H27N5O3S.C22H25N5O3S.C21H23N5O3S.9CHO.3Re/c24-32(30,31)22-9-7-19(8-10-22)11-15-27-23(29)12-16-28(17-20-5-1-3-13-25-20)18-21-6-2-4-14-26-21;23-31(29,30)21-9-7-18(8-10-21)15-26-22(28)11-14-27(16-19-5-1-3-12-24-19)17-20-6-2-4-13-25-20;22-30(28,29)20-9-7-17(8-10-20)25-21(27)11-14-26(15-18-5-1-3-12-23-18)16-19-6-2-4-13-24-19;9*1-2;;;/h1-10,13-14H,11-12,15-18H2,(H,27,29)(H2,24,30,31);1-10,12-13H,11,14-17H2,(H,26,28)(H2,23,29,30);1-10,12-13H,11,14-16H2,(H,25,27)(H2,22,28,29);9*1H;;;/q;;;9*-1;;;. The van der Waals surface area contributed by atoms with Gasteiger partial charge < -0.3 is 59.1 Å². The first-order valence-electron chi connectivity index (χ1n) is 31.6. The Labute approximate surface area is 706 Å². The predicted molar refractivity (Wildman–Crippen MR) is 413 cm³/mol. The number of pyridine rings is 6. The van der Waals surface area contributed by atoms with Gasteiger partial charge in [0, 0.05) is 195 Å². The number of primary sulfonamides is 3. The van der Waals surface area contributed by atoms with Crippen LogP contribution in [0.2, 0.25) is 0 Å². The van der Waals surface area contributed by atoms with Crippen molar-refractivity contribution in [3.63, 3.8) is 0 Å². The average molecular weight is 2140 g/mol. The van der Waals surface area contributed by atoms with E-state index in [0.717, 1.165) is 45.3 Å². The van der Waals surface area contributed by atoms with Crippen molar-refractivity contribution < 1.29 is 144 Å². The average Bonchev–Trinajstić information content (AvgIpc) is 0.866. The minimum atomic E-state index is -3.76. The molecule has 3 amide bonds. The molecule has 6 heterocycles. The largest absolute Gasteiger partial charge is 0.545 e. The molecule has 0 saturated heterocycles. The molecule has 0 bridgehead atoms. The number of hydrogen-bond donors (Lipinski definition) is 6. The first-order chi connectivity index (χ1) is 53.7. The Morgan fingerprint density at radius 1 is 0.307 bits per heavy atom. The summed E-state index contributed by atoms with van der Waals surface area (Å²) in [5.74, 6) is -0.314. The second kappa shape index (κ2) is 71.6. The van der Waals surface area contributed by atoms with E-state index in [1.807, 2.05) is 109 Å². The van der Waals surface area contributed by atoms with Crippen molar-refractivity contribution in [3.05, 3.63) is 264 Å². The molecule has 0 fully saturated rings. The van der Waals surface area contributed by atoms with Gasteiger partial charge in [0.25, 0.3) is 0 Å². The maximum atomic E-state index is 12.4. The number of sulfonamides is 3. The molecule has 615 valence electrons. The van der Waals surface area contributed by atoms with Crippen LogP contribution >= 0.6 is 0 Å². The number of rotatable bonds is 30. The first kappa shape index (κ1) is 114. The van der Waals surface area contributed by atoms with Crippen LogP contribution < -0.4 is 31.4 Å². The maximum Gasteiger partial charge on any atom is 0.238 e. The molecule has 114 heavy (non-hydrogen) atoms. The Morgan fingerprint density at radius 2 is 0.535 bits per heavy atom. The van der Waals surface area contributed by atoms with E-state index >= 15 is 0 Å². The van der Waals surface area contributed by atoms with E-state index in [9.17, 15) is 39.6 Å². The number of aromatic nitrogens is 6. The maximum absolute atomic E-state index is 12.4. The van der Waals surface area contributed by atoms with Gasteiger partial charge in [-0.05, 0) is 139 Å². The summed E-state index contributed by atoms with van der Waals surface area (Å²) in [6.45, 7) is 35.3. The van der Waals surface area contributed by atoms with E-state index < -0.39 is 30.1 Å². The topological polar surface area (TPSA) is 508 Å². The summed E-state index contributed by atoms with van der Waals surface area (Å²) in [6, 6.07) is 52.8. The van der Waals surface area contributed by atoms with Crippen LogP contribution in [-0.4, -0.2) is 175 Å². The molecule has 0 saturated carbocycles. The number of nitrogens with one attached hydrogen (secondary N) is 3. The summed E-state index contributed by atoms with van der Waals surface area (Å²) in [5, 5.41) is 23.8. The van der Waals surface area contributed by atoms with Crippen LogP contribution in [0.4, 0.5) is 5.69 Å². The van der Waals surface area contributed by atoms with Crippen molar-refractivity contribution in [3.8, 4) is 0 Å². The third-order valence-corrected chi connectivity index (χ3v) is 16.6. The van der Waals surface area contributed by atoms with Crippen LogP contribution in [0, 0.1) is 0 Å². The van der Waals surface area contributed by atoms with Gasteiger partial charge in [-0.15, -0.1) is 0 Å². The Balaban J connectivity index is -0.000000344. The molecule has 9 rings (SSSR count). The van der Waals surface area contributed by atoms with Crippen LogP contribution in [0.3, 0.4) is 0 Å². The Morgan fingerprint density at radius 3 is 0.772 bits per heavy atom. The van der Waals surface area contributed by atoms with Crippen molar-refractivity contribution in [2.24, 2.45) is 15.4 Å². The van der Waals surface area contributed by atoms with Gasteiger partial charge in [0.1, 0.15) is 0 Å². The molecule has 0 unspecified atom stereocenters. The van der Waals surface area contributed by atoms with E-state index in [-0.39, 0.29) is 100 Å². The number of carbonyl (C=O) groups is 3. The van der Waals surface area contributed by atoms with Gasteiger partial charge in [0.15, 0.2) is 0 Å². The summed E-state index contributed by atoms with van der Waals surface area (Å²) in [4.78, 5) is 140. The number of nitrogens with zero attached hydrogens (tertiary/aromatic N) is 9. The summed E-state index contributed by atoms with van der Waals surface area (Å²) < 4.78 is 67.9. The fourth-order valence-corrected chi connectivity index (χ4v) is 10.6. The molecule has 6 aromatic heterocycles. The molecular formula is C75H84N15O18Re3S3-9. The van der Waals surface area contributed by atoms with Crippen LogP contribution in [0.5, 0.6) is 0 Å². The van der Waals surface area contributed by atoms with Crippen LogP contribution in [0.25, 0.3) is 0 Å². The number of hydrogen-bond acceptors (Lipinski definition) is 27. The number of benzene rings is 3. The molecule has 0 spiro atoms. The van der Waals surface area contributed by atoms with Crippen LogP contribution in [0.15, 0.2) is 234 Å². The third-order valence-electron chi connectivity index (χ3n) is 13.8. The molecule has 0 aliphatic carbocycles. The minimum Gasteiger partial charge on any atom is -0.545 e. The fraction of sp³-hybridized carbons (Fsp3) is 0.200. The van der Waals surface area contributed by atoms with E-state index in [0.29, 0.717) is 96.9 Å². The molecule has 0 aliphatic heterocycles. The second-order valence-corrected chi connectivity index (χ2v) is 25.9. The molecule has 0 atom stereocenters. The smallest absolute Gasteiger partial charge is 0.238 e. The predicted octanol–water partition coefficient (Wildman–Crippen LogP) is 3.39. The van der Waals surface area contributed by atoms with Gasteiger partial charge in [-0.1, -0.05) is 60.7 Å². The molecule has 9 aromatic rings. The summed E-state index contributed by atoms with van der Waals surface area (Å²) in [5.41, 5.74) is 7.76. The normalized spacial score (nSPS) is 9.63. The van der Waals surface area contributed by atoms with Gasteiger partial charge in [-0.3, -0.25) is 120 Å². The molecule has 9 N–H and O–H groups in total. The van der Waals surface area contributed by atoms with Gasteiger partial charge in [-0.2, -0.15) is 0 Å².